The summed E-state index contributed by atoms with van der Waals surface area (Å²) in [5, 5.41) is 18.0. The van der Waals surface area contributed by atoms with Crippen LogP contribution in [0.2, 0.25) is 0 Å². The molecule has 102 valence electrons. The molecule has 3 heteroatoms. The average molecular weight is 283 g/mol. The predicted octanol–water partition coefficient (Wildman–Crippen LogP) is 3.72. The number of benzene rings is 2. The zero-order chi connectivity index (χ0) is 13.8. The maximum atomic E-state index is 10.2. The first-order valence-corrected chi connectivity index (χ1v) is 7.61. The van der Waals surface area contributed by atoms with Gasteiger partial charge in [0.15, 0.2) is 0 Å². The molecule has 0 aliphatic rings. The van der Waals surface area contributed by atoms with Gasteiger partial charge in [-0.05, 0) is 33.8 Å². The van der Waals surface area contributed by atoms with Gasteiger partial charge >= 0.3 is 0 Å². The molecule has 1 aromatic heterocycles. The highest BCUT2D eigenvalue weighted by Gasteiger charge is 2.07. The Balaban J connectivity index is 1.64. The maximum absolute atomic E-state index is 10.2. The van der Waals surface area contributed by atoms with Gasteiger partial charge in [0, 0.05) is 18.0 Å². The Labute approximate surface area is 122 Å². The Hall–Kier alpha value is -1.68. The Bertz CT molecular complexity index is 678. The van der Waals surface area contributed by atoms with E-state index in [9.17, 15) is 5.11 Å². The molecule has 0 radical (unpaired) electrons. The van der Waals surface area contributed by atoms with Crippen molar-refractivity contribution >= 4 is 22.1 Å². The molecule has 3 aromatic rings. The normalized spacial score (nSPS) is 12.7. The summed E-state index contributed by atoms with van der Waals surface area (Å²) in [5.41, 5.74) is 0.961. The molecule has 0 aliphatic carbocycles. The number of hydrogen-bond acceptors (Lipinski definition) is 3. The van der Waals surface area contributed by atoms with Gasteiger partial charge in [0.1, 0.15) is 0 Å². The molecule has 0 saturated heterocycles. The fraction of sp³-hybridized carbons (Fsp3) is 0.176. The summed E-state index contributed by atoms with van der Waals surface area (Å²) >= 11 is 1.73. The SMILES string of the molecule is OC(CNCc1cccs1)c1ccc2ccccc2c1. The third-order valence-electron chi connectivity index (χ3n) is 3.38. The Kier molecular flexibility index (Phi) is 4.11. The van der Waals surface area contributed by atoms with Gasteiger partial charge < -0.3 is 10.4 Å². The molecule has 0 fully saturated rings. The molecule has 0 saturated carbocycles. The van der Waals surface area contributed by atoms with E-state index in [1.54, 1.807) is 11.3 Å². The fourth-order valence-corrected chi connectivity index (χ4v) is 2.95. The molecular formula is C17H17NOS. The van der Waals surface area contributed by atoms with Crippen molar-refractivity contribution in [1.29, 1.82) is 0 Å². The van der Waals surface area contributed by atoms with E-state index < -0.39 is 6.10 Å². The minimum absolute atomic E-state index is 0.473. The smallest absolute Gasteiger partial charge is 0.0914 e. The van der Waals surface area contributed by atoms with Crippen LogP contribution in [0.15, 0.2) is 60.0 Å². The summed E-state index contributed by atoms with van der Waals surface area (Å²) < 4.78 is 0. The van der Waals surface area contributed by atoms with E-state index in [2.05, 4.69) is 41.0 Å². The molecule has 0 amide bonds. The number of nitrogens with one attached hydrogen (secondary N) is 1. The van der Waals surface area contributed by atoms with Crippen molar-refractivity contribution in [2.75, 3.05) is 6.54 Å². The Morgan fingerprint density at radius 3 is 2.65 bits per heavy atom. The minimum Gasteiger partial charge on any atom is -0.387 e. The van der Waals surface area contributed by atoms with Crippen LogP contribution in [0.4, 0.5) is 0 Å². The first kappa shape index (κ1) is 13.3. The van der Waals surface area contributed by atoms with Crippen LogP contribution in [-0.2, 0) is 6.54 Å². The van der Waals surface area contributed by atoms with Crippen molar-refractivity contribution in [1.82, 2.24) is 5.32 Å². The first-order valence-electron chi connectivity index (χ1n) is 6.73. The number of thiophene rings is 1. The van der Waals surface area contributed by atoms with Gasteiger partial charge in [-0.2, -0.15) is 0 Å². The molecule has 0 bridgehead atoms. The third kappa shape index (κ3) is 3.07. The van der Waals surface area contributed by atoms with Crippen LogP contribution in [0.1, 0.15) is 16.5 Å². The van der Waals surface area contributed by atoms with Crippen LogP contribution in [0.3, 0.4) is 0 Å². The minimum atomic E-state index is -0.473. The van der Waals surface area contributed by atoms with Crippen LogP contribution >= 0.6 is 11.3 Å². The van der Waals surface area contributed by atoms with Crippen molar-refractivity contribution in [2.24, 2.45) is 0 Å². The molecule has 0 aliphatic heterocycles. The molecular weight excluding hydrogens is 266 g/mol. The lowest BCUT2D eigenvalue weighted by Gasteiger charge is -2.12. The van der Waals surface area contributed by atoms with E-state index >= 15 is 0 Å². The second-order valence-corrected chi connectivity index (χ2v) is 5.86. The highest BCUT2D eigenvalue weighted by molar-refractivity contribution is 7.09. The predicted molar refractivity (Wildman–Crippen MR) is 84.9 cm³/mol. The highest BCUT2D eigenvalue weighted by atomic mass is 32.1. The van der Waals surface area contributed by atoms with Gasteiger partial charge in [0.05, 0.1) is 6.10 Å². The second kappa shape index (κ2) is 6.18. The summed E-state index contributed by atoms with van der Waals surface area (Å²) in [5.74, 6) is 0. The van der Waals surface area contributed by atoms with E-state index in [4.69, 9.17) is 0 Å². The molecule has 0 spiro atoms. The van der Waals surface area contributed by atoms with E-state index in [1.165, 1.54) is 15.6 Å². The number of rotatable bonds is 5. The van der Waals surface area contributed by atoms with Gasteiger partial charge in [-0.15, -0.1) is 11.3 Å². The van der Waals surface area contributed by atoms with Crippen molar-refractivity contribution in [3.8, 4) is 0 Å². The van der Waals surface area contributed by atoms with Gasteiger partial charge in [0.2, 0.25) is 0 Å². The van der Waals surface area contributed by atoms with Crippen LogP contribution in [0, 0.1) is 0 Å². The third-order valence-corrected chi connectivity index (χ3v) is 4.25. The average Bonchev–Trinajstić information content (AvgIpc) is 3.00. The Morgan fingerprint density at radius 1 is 1.00 bits per heavy atom. The summed E-state index contributed by atoms with van der Waals surface area (Å²) in [6.45, 7) is 1.37. The number of aliphatic hydroxyl groups is 1. The van der Waals surface area contributed by atoms with Gasteiger partial charge in [-0.1, -0.05) is 42.5 Å². The van der Waals surface area contributed by atoms with Crippen LogP contribution in [-0.4, -0.2) is 11.7 Å². The van der Waals surface area contributed by atoms with Gasteiger partial charge in [0.25, 0.3) is 0 Å². The van der Waals surface area contributed by atoms with E-state index in [-0.39, 0.29) is 0 Å². The number of aliphatic hydroxyl groups excluding tert-OH is 1. The summed E-state index contributed by atoms with van der Waals surface area (Å²) in [6, 6.07) is 18.5. The van der Waals surface area contributed by atoms with Gasteiger partial charge in [-0.25, -0.2) is 0 Å². The summed E-state index contributed by atoms with van der Waals surface area (Å²) in [7, 11) is 0. The van der Waals surface area contributed by atoms with Crippen LogP contribution in [0.5, 0.6) is 0 Å². The molecule has 2 aromatic carbocycles. The van der Waals surface area contributed by atoms with Crippen molar-refractivity contribution in [3.63, 3.8) is 0 Å². The molecule has 2 nitrogen and oxygen atoms in total. The van der Waals surface area contributed by atoms with E-state index in [1.807, 2.05) is 24.3 Å². The Morgan fingerprint density at radius 2 is 1.85 bits per heavy atom. The van der Waals surface area contributed by atoms with Crippen molar-refractivity contribution < 1.29 is 5.11 Å². The lowest BCUT2D eigenvalue weighted by Crippen LogP contribution is -2.20. The first-order chi connectivity index (χ1) is 9.83. The fourth-order valence-electron chi connectivity index (χ4n) is 2.28. The van der Waals surface area contributed by atoms with Crippen molar-refractivity contribution in [2.45, 2.75) is 12.6 Å². The topological polar surface area (TPSA) is 32.3 Å². The van der Waals surface area contributed by atoms with Crippen LogP contribution in [0.25, 0.3) is 10.8 Å². The molecule has 1 unspecified atom stereocenters. The quantitative estimate of drug-likeness (QED) is 0.748. The lowest BCUT2D eigenvalue weighted by atomic mass is 10.0. The largest absolute Gasteiger partial charge is 0.387 e. The summed E-state index contributed by atoms with van der Waals surface area (Å²) in [4.78, 5) is 1.29. The monoisotopic (exact) mass is 283 g/mol. The number of fused-ring (bicyclic) bond motifs is 1. The molecule has 1 heterocycles. The zero-order valence-corrected chi connectivity index (χ0v) is 11.9. The van der Waals surface area contributed by atoms with E-state index in [0.29, 0.717) is 6.54 Å². The molecule has 2 N–H and O–H groups in total. The molecule has 20 heavy (non-hydrogen) atoms. The second-order valence-electron chi connectivity index (χ2n) is 4.83. The molecule has 3 rings (SSSR count). The summed E-state index contributed by atoms with van der Waals surface area (Å²) in [6.07, 6.45) is -0.473. The molecule has 1 atom stereocenters. The van der Waals surface area contributed by atoms with E-state index in [0.717, 1.165) is 12.1 Å². The highest BCUT2D eigenvalue weighted by Crippen LogP contribution is 2.20. The van der Waals surface area contributed by atoms with Gasteiger partial charge in [-0.3, -0.25) is 0 Å². The zero-order valence-electron chi connectivity index (χ0n) is 11.1. The number of hydrogen-bond donors (Lipinski definition) is 2. The van der Waals surface area contributed by atoms with Crippen LogP contribution < -0.4 is 5.32 Å². The van der Waals surface area contributed by atoms with Crippen molar-refractivity contribution in [3.05, 3.63) is 70.4 Å². The lowest BCUT2D eigenvalue weighted by molar-refractivity contribution is 0.174. The standard InChI is InChI=1S/C17H17NOS/c19-17(12-18-11-16-6-3-9-20-16)15-8-7-13-4-1-2-5-14(13)10-15/h1-10,17-19H,11-12H2. The maximum Gasteiger partial charge on any atom is 0.0914 e.